The monoisotopic (exact) mass is 238 g/mol. The number of carbonyl (C=O) groups excluding carboxylic acids is 1. The van der Waals surface area contributed by atoms with Gasteiger partial charge in [0.15, 0.2) is 0 Å². The minimum Gasteiger partial charge on any atom is -0.378 e. The van der Waals surface area contributed by atoms with E-state index >= 15 is 0 Å². The van der Waals surface area contributed by atoms with Crippen molar-refractivity contribution in [2.45, 2.75) is 13.0 Å². The summed E-state index contributed by atoms with van der Waals surface area (Å²) < 4.78 is 7.07. The number of carbonyl (C=O) groups is 1. The van der Waals surface area contributed by atoms with Gasteiger partial charge < -0.3 is 19.5 Å². The summed E-state index contributed by atoms with van der Waals surface area (Å²) in [5, 5.41) is 3.11. The standard InChI is InChI=1S/C11H18N4O2/c1-9(13-11-12-3-4-14(11)2)10(16)15-5-7-17-8-6-15/h3-4,9H,5-8H2,1-2H3,(H,12,13). The van der Waals surface area contributed by atoms with Crippen LogP contribution < -0.4 is 5.32 Å². The quantitative estimate of drug-likeness (QED) is 0.810. The molecule has 94 valence electrons. The number of anilines is 1. The molecule has 1 aliphatic rings. The molecule has 17 heavy (non-hydrogen) atoms. The molecule has 1 N–H and O–H groups in total. The normalized spacial score (nSPS) is 17.9. The second-order valence-corrected chi connectivity index (χ2v) is 4.17. The molecule has 2 rings (SSSR count). The highest BCUT2D eigenvalue weighted by Crippen LogP contribution is 2.07. The number of nitrogens with one attached hydrogen (secondary N) is 1. The average molecular weight is 238 g/mol. The Labute approximate surface area is 101 Å². The molecule has 6 heteroatoms. The van der Waals surface area contributed by atoms with Crippen molar-refractivity contribution in [2.75, 3.05) is 31.6 Å². The summed E-state index contributed by atoms with van der Waals surface area (Å²) in [5.41, 5.74) is 0. The lowest BCUT2D eigenvalue weighted by Crippen LogP contribution is -2.47. The zero-order valence-corrected chi connectivity index (χ0v) is 10.2. The Bertz CT molecular complexity index is 385. The minimum absolute atomic E-state index is 0.0938. The fourth-order valence-electron chi connectivity index (χ4n) is 1.82. The molecule has 1 aromatic rings. The van der Waals surface area contributed by atoms with Crippen molar-refractivity contribution in [3.63, 3.8) is 0 Å². The third kappa shape index (κ3) is 2.76. The van der Waals surface area contributed by atoms with Crippen LogP contribution in [-0.2, 0) is 16.6 Å². The van der Waals surface area contributed by atoms with E-state index in [4.69, 9.17) is 4.74 Å². The van der Waals surface area contributed by atoms with Gasteiger partial charge in [-0.25, -0.2) is 4.98 Å². The van der Waals surface area contributed by atoms with Gasteiger partial charge in [0.05, 0.1) is 13.2 Å². The van der Waals surface area contributed by atoms with Gasteiger partial charge in [0.25, 0.3) is 0 Å². The predicted molar refractivity (Wildman–Crippen MR) is 63.7 cm³/mol. The molecule has 0 aromatic carbocycles. The first-order chi connectivity index (χ1) is 8.18. The van der Waals surface area contributed by atoms with Crippen LogP contribution in [0.2, 0.25) is 0 Å². The van der Waals surface area contributed by atoms with Crippen molar-refractivity contribution >= 4 is 11.9 Å². The van der Waals surface area contributed by atoms with Crippen LogP contribution in [0.1, 0.15) is 6.92 Å². The highest BCUT2D eigenvalue weighted by Gasteiger charge is 2.22. The molecular formula is C11H18N4O2. The Morgan fingerprint density at radius 3 is 2.82 bits per heavy atom. The van der Waals surface area contributed by atoms with E-state index in [0.29, 0.717) is 32.3 Å². The van der Waals surface area contributed by atoms with E-state index in [-0.39, 0.29) is 11.9 Å². The maximum Gasteiger partial charge on any atom is 0.245 e. The molecule has 1 aliphatic heterocycles. The summed E-state index contributed by atoms with van der Waals surface area (Å²) in [6.07, 6.45) is 3.54. The number of amides is 1. The highest BCUT2D eigenvalue weighted by atomic mass is 16.5. The van der Waals surface area contributed by atoms with Crippen LogP contribution in [0.4, 0.5) is 5.95 Å². The topological polar surface area (TPSA) is 59.4 Å². The van der Waals surface area contributed by atoms with Gasteiger partial charge in [0, 0.05) is 32.5 Å². The third-order valence-electron chi connectivity index (χ3n) is 2.86. The number of aromatic nitrogens is 2. The highest BCUT2D eigenvalue weighted by molar-refractivity contribution is 5.83. The van der Waals surface area contributed by atoms with Crippen molar-refractivity contribution in [3.8, 4) is 0 Å². The lowest BCUT2D eigenvalue weighted by atomic mass is 10.2. The van der Waals surface area contributed by atoms with Crippen LogP contribution in [0.25, 0.3) is 0 Å². The molecule has 6 nitrogen and oxygen atoms in total. The Balaban J connectivity index is 1.93. The average Bonchev–Trinajstić information content (AvgIpc) is 2.75. The van der Waals surface area contributed by atoms with Gasteiger partial charge in [-0.05, 0) is 6.92 Å². The number of rotatable bonds is 3. The van der Waals surface area contributed by atoms with Crippen LogP contribution in [0, 0.1) is 0 Å². The van der Waals surface area contributed by atoms with Gasteiger partial charge in [-0.1, -0.05) is 0 Å². The van der Waals surface area contributed by atoms with Crippen molar-refractivity contribution in [1.29, 1.82) is 0 Å². The Morgan fingerprint density at radius 1 is 1.53 bits per heavy atom. The van der Waals surface area contributed by atoms with Crippen molar-refractivity contribution < 1.29 is 9.53 Å². The van der Waals surface area contributed by atoms with E-state index in [9.17, 15) is 4.79 Å². The molecule has 1 aromatic heterocycles. The SMILES string of the molecule is CC(Nc1nccn1C)C(=O)N1CCOCC1. The van der Waals surface area contributed by atoms with Gasteiger partial charge in [0.2, 0.25) is 11.9 Å². The molecule has 1 saturated heterocycles. The van der Waals surface area contributed by atoms with E-state index in [0.717, 1.165) is 0 Å². The minimum atomic E-state index is -0.269. The molecular weight excluding hydrogens is 220 g/mol. The number of ether oxygens (including phenoxy) is 1. The first-order valence-corrected chi connectivity index (χ1v) is 5.79. The summed E-state index contributed by atoms with van der Waals surface area (Å²) in [5.74, 6) is 0.801. The van der Waals surface area contributed by atoms with Crippen molar-refractivity contribution in [3.05, 3.63) is 12.4 Å². The summed E-state index contributed by atoms with van der Waals surface area (Å²) in [6.45, 7) is 4.45. The van der Waals surface area contributed by atoms with Crippen molar-refractivity contribution in [2.24, 2.45) is 7.05 Å². The van der Waals surface area contributed by atoms with Crippen molar-refractivity contribution in [1.82, 2.24) is 14.5 Å². The lowest BCUT2D eigenvalue weighted by molar-refractivity contribution is -0.135. The van der Waals surface area contributed by atoms with E-state index in [1.165, 1.54) is 0 Å². The smallest absolute Gasteiger partial charge is 0.245 e. The summed E-state index contributed by atoms with van der Waals surface area (Å²) in [6, 6.07) is -0.269. The van der Waals surface area contributed by atoms with Crippen LogP contribution in [0.5, 0.6) is 0 Å². The second-order valence-electron chi connectivity index (χ2n) is 4.17. The van der Waals surface area contributed by atoms with Crippen LogP contribution >= 0.6 is 0 Å². The Morgan fingerprint density at radius 2 is 2.24 bits per heavy atom. The third-order valence-corrected chi connectivity index (χ3v) is 2.86. The van der Waals surface area contributed by atoms with E-state index < -0.39 is 0 Å². The lowest BCUT2D eigenvalue weighted by Gasteiger charge is -2.29. The predicted octanol–water partition coefficient (Wildman–Crippen LogP) is 0.0793. The zero-order chi connectivity index (χ0) is 12.3. The van der Waals surface area contributed by atoms with Crippen LogP contribution in [0.3, 0.4) is 0 Å². The number of imidazole rings is 1. The zero-order valence-electron chi connectivity index (χ0n) is 10.2. The van der Waals surface area contributed by atoms with Gasteiger partial charge in [0.1, 0.15) is 6.04 Å². The molecule has 1 unspecified atom stereocenters. The van der Waals surface area contributed by atoms with Gasteiger partial charge in [-0.15, -0.1) is 0 Å². The number of aryl methyl sites for hydroxylation is 1. The molecule has 1 fully saturated rings. The molecule has 0 bridgehead atoms. The summed E-state index contributed by atoms with van der Waals surface area (Å²) in [4.78, 5) is 18.1. The number of hydrogen-bond acceptors (Lipinski definition) is 4. The number of hydrogen-bond donors (Lipinski definition) is 1. The maximum atomic E-state index is 12.1. The van der Waals surface area contributed by atoms with E-state index in [1.807, 2.05) is 29.6 Å². The maximum absolute atomic E-state index is 12.1. The Hall–Kier alpha value is -1.56. The first-order valence-electron chi connectivity index (χ1n) is 5.79. The Kier molecular flexibility index (Phi) is 3.63. The molecule has 2 heterocycles. The first kappa shape index (κ1) is 11.9. The molecule has 0 radical (unpaired) electrons. The largest absolute Gasteiger partial charge is 0.378 e. The fourth-order valence-corrected chi connectivity index (χ4v) is 1.82. The van der Waals surface area contributed by atoms with Gasteiger partial charge >= 0.3 is 0 Å². The molecule has 0 spiro atoms. The molecule has 0 aliphatic carbocycles. The molecule has 0 saturated carbocycles. The van der Waals surface area contributed by atoms with Gasteiger partial charge in [-0.3, -0.25) is 4.79 Å². The van der Waals surface area contributed by atoms with E-state index in [2.05, 4.69) is 10.3 Å². The molecule has 1 atom stereocenters. The van der Waals surface area contributed by atoms with Crippen LogP contribution in [-0.4, -0.2) is 52.7 Å². The van der Waals surface area contributed by atoms with Crippen LogP contribution in [0.15, 0.2) is 12.4 Å². The number of nitrogens with zero attached hydrogens (tertiary/aromatic N) is 3. The fraction of sp³-hybridized carbons (Fsp3) is 0.636. The molecule has 1 amide bonds. The summed E-state index contributed by atoms with van der Waals surface area (Å²) in [7, 11) is 1.89. The van der Waals surface area contributed by atoms with Gasteiger partial charge in [-0.2, -0.15) is 0 Å². The second kappa shape index (κ2) is 5.18. The number of morpholine rings is 1. The summed E-state index contributed by atoms with van der Waals surface area (Å²) >= 11 is 0. The van der Waals surface area contributed by atoms with E-state index in [1.54, 1.807) is 6.20 Å².